The van der Waals surface area contributed by atoms with Crippen LogP contribution in [0.2, 0.25) is 0 Å². The van der Waals surface area contributed by atoms with Crippen LogP contribution in [0.1, 0.15) is 37.1 Å². The first-order chi connectivity index (χ1) is 13.5. The van der Waals surface area contributed by atoms with E-state index in [1.165, 1.54) is 4.68 Å². The zero-order valence-electron chi connectivity index (χ0n) is 15.7. The summed E-state index contributed by atoms with van der Waals surface area (Å²) in [6.07, 6.45) is 3.23. The minimum absolute atomic E-state index is 0.0508. The lowest BCUT2D eigenvalue weighted by Crippen LogP contribution is -2.33. The third kappa shape index (κ3) is 4.61. The molecule has 9 heteroatoms. The van der Waals surface area contributed by atoms with Gasteiger partial charge in [-0.2, -0.15) is 21.8 Å². The third-order valence-electron chi connectivity index (χ3n) is 5.41. The zero-order valence-corrected chi connectivity index (χ0v) is 16.5. The summed E-state index contributed by atoms with van der Waals surface area (Å²) in [7, 11) is 0. The molecule has 0 bridgehead atoms. The van der Waals surface area contributed by atoms with Gasteiger partial charge < -0.3 is 4.90 Å². The molecular formula is C19H24F3N5S. The third-order valence-corrected chi connectivity index (χ3v) is 6.35. The van der Waals surface area contributed by atoms with Gasteiger partial charge in [-0.3, -0.25) is 0 Å². The predicted molar refractivity (Wildman–Crippen MR) is 104 cm³/mol. The highest BCUT2D eigenvalue weighted by Gasteiger charge is 2.35. The van der Waals surface area contributed by atoms with Gasteiger partial charge in [0.2, 0.25) is 5.92 Å². The van der Waals surface area contributed by atoms with Gasteiger partial charge in [0, 0.05) is 55.4 Å². The van der Waals surface area contributed by atoms with Crippen LogP contribution in [0.25, 0.3) is 5.95 Å². The fourth-order valence-electron chi connectivity index (χ4n) is 3.78. The molecule has 1 aliphatic carbocycles. The van der Waals surface area contributed by atoms with Crippen LogP contribution in [-0.2, 0) is 13.1 Å². The maximum absolute atomic E-state index is 13.5. The van der Waals surface area contributed by atoms with Gasteiger partial charge >= 0.3 is 0 Å². The number of nitrogens with zero attached hydrogens (tertiary/aromatic N) is 5. The van der Waals surface area contributed by atoms with Crippen molar-refractivity contribution >= 4 is 17.6 Å². The van der Waals surface area contributed by atoms with E-state index < -0.39 is 12.6 Å². The Bertz CT molecular complexity index is 797. The average molecular weight is 411 g/mol. The summed E-state index contributed by atoms with van der Waals surface area (Å²) in [5, 5.41) is 4.19. The Hall–Kier alpha value is -1.77. The Morgan fingerprint density at radius 3 is 2.54 bits per heavy atom. The number of thioether (sulfide) groups is 1. The Morgan fingerprint density at radius 1 is 1.11 bits per heavy atom. The summed E-state index contributed by atoms with van der Waals surface area (Å²) < 4.78 is 41.3. The summed E-state index contributed by atoms with van der Waals surface area (Å²) in [5.41, 5.74) is 1.17. The van der Waals surface area contributed by atoms with E-state index in [0.29, 0.717) is 30.9 Å². The molecule has 28 heavy (non-hydrogen) atoms. The van der Waals surface area contributed by atoms with E-state index in [2.05, 4.69) is 20.0 Å². The Balaban J connectivity index is 1.59. The molecular weight excluding hydrogens is 387 g/mol. The molecule has 2 aliphatic rings. The van der Waals surface area contributed by atoms with Gasteiger partial charge in [-0.15, -0.1) is 0 Å². The van der Waals surface area contributed by atoms with Crippen molar-refractivity contribution in [3.05, 3.63) is 29.7 Å². The van der Waals surface area contributed by atoms with Crippen molar-refractivity contribution in [3.8, 4) is 5.95 Å². The maximum Gasteiger partial charge on any atom is 0.252 e. The van der Waals surface area contributed by atoms with Gasteiger partial charge in [0.1, 0.15) is 12.5 Å². The summed E-state index contributed by atoms with van der Waals surface area (Å²) in [5.74, 6) is 0.999. The van der Waals surface area contributed by atoms with E-state index in [0.717, 1.165) is 36.1 Å². The highest BCUT2D eigenvalue weighted by atomic mass is 32.2. The molecule has 0 aromatic carbocycles. The second-order valence-corrected chi connectivity index (χ2v) is 8.73. The number of hydrogen-bond donors (Lipinski definition) is 0. The van der Waals surface area contributed by atoms with Crippen molar-refractivity contribution in [2.24, 2.45) is 5.92 Å². The summed E-state index contributed by atoms with van der Waals surface area (Å²) in [6.45, 7) is 1.18. The molecule has 0 radical (unpaired) electrons. The fourth-order valence-corrected chi connectivity index (χ4v) is 4.68. The molecule has 152 valence electrons. The lowest BCUT2D eigenvalue weighted by atomic mass is 9.84. The van der Waals surface area contributed by atoms with Gasteiger partial charge in [0.05, 0.1) is 5.69 Å². The monoisotopic (exact) mass is 411 g/mol. The first kappa shape index (κ1) is 19.5. The van der Waals surface area contributed by atoms with Crippen molar-refractivity contribution in [3.63, 3.8) is 0 Å². The Kier molecular flexibility index (Phi) is 5.80. The average Bonchev–Trinajstić information content (AvgIpc) is 3.19. The normalized spacial score (nSPS) is 20.5. The first-order valence-corrected chi connectivity index (χ1v) is 10.9. The van der Waals surface area contributed by atoms with E-state index in [-0.39, 0.29) is 18.8 Å². The van der Waals surface area contributed by atoms with Crippen LogP contribution >= 0.6 is 11.8 Å². The summed E-state index contributed by atoms with van der Waals surface area (Å²) >= 11 is 1.92. The number of rotatable bonds is 5. The highest BCUT2D eigenvalue weighted by Crippen LogP contribution is 2.37. The van der Waals surface area contributed by atoms with Crippen LogP contribution < -0.4 is 4.90 Å². The lowest BCUT2D eigenvalue weighted by Gasteiger charge is -2.29. The quantitative estimate of drug-likeness (QED) is 0.743. The molecule has 0 spiro atoms. The van der Waals surface area contributed by atoms with Gasteiger partial charge in [-0.1, -0.05) is 0 Å². The van der Waals surface area contributed by atoms with Crippen LogP contribution in [0, 0.1) is 5.92 Å². The SMILES string of the molecule is FCc1ccn(-c2nc(CC3CCC(F)(F)CC3)cc(N3CCSCC3)n2)n1. The van der Waals surface area contributed by atoms with Crippen LogP contribution in [0.15, 0.2) is 18.3 Å². The molecule has 4 rings (SSSR count). The second-order valence-electron chi connectivity index (χ2n) is 7.51. The molecule has 2 fully saturated rings. The molecule has 0 unspecified atom stereocenters. The predicted octanol–water partition coefficient (Wildman–Crippen LogP) is 4.05. The van der Waals surface area contributed by atoms with Crippen molar-refractivity contribution < 1.29 is 13.2 Å². The molecule has 3 heterocycles. The standard InChI is InChI=1S/C19H24F3N5S/c20-13-15-3-6-27(25-15)18-23-16(11-14-1-4-19(21,22)5-2-14)12-17(24-18)26-7-9-28-10-8-26/h3,6,12,14H,1-2,4-5,7-11,13H2. The van der Waals surface area contributed by atoms with Crippen LogP contribution in [0.3, 0.4) is 0 Å². The number of aromatic nitrogens is 4. The van der Waals surface area contributed by atoms with E-state index >= 15 is 0 Å². The topological polar surface area (TPSA) is 46.8 Å². The molecule has 0 N–H and O–H groups in total. The fraction of sp³-hybridized carbons (Fsp3) is 0.632. The summed E-state index contributed by atoms with van der Waals surface area (Å²) in [6, 6.07) is 3.59. The van der Waals surface area contributed by atoms with E-state index in [1.807, 2.05) is 17.8 Å². The number of hydrogen-bond acceptors (Lipinski definition) is 5. The molecule has 0 atom stereocenters. The minimum Gasteiger partial charge on any atom is -0.355 e. The van der Waals surface area contributed by atoms with Gasteiger partial charge in [0.15, 0.2) is 0 Å². The minimum atomic E-state index is -2.53. The van der Waals surface area contributed by atoms with Crippen LogP contribution in [0.4, 0.5) is 19.0 Å². The second kappa shape index (κ2) is 8.31. The molecule has 1 saturated carbocycles. The van der Waals surface area contributed by atoms with Gasteiger partial charge in [-0.05, 0) is 31.2 Å². The van der Waals surface area contributed by atoms with E-state index in [1.54, 1.807) is 12.3 Å². The first-order valence-electron chi connectivity index (χ1n) is 9.72. The maximum atomic E-state index is 13.5. The molecule has 0 amide bonds. The molecule has 1 aliphatic heterocycles. The van der Waals surface area contributed by atoms with Gasteiger partial charge in [0.25, 0.3) is 5.95 Å². The Labute approximate surface area is 166 Å². The van der Waals surface area contributed by atoms with Crippen molar-refractivity contribution in [2.75, 3.05) is 29.5 Å². The molecule has 5 nitrogen and oxygen atoms in total. The van der Waals surface area contributed by atoms with Crippen LogP contribution in [0.5, 0.6) is 0 Å². The number of halogens is 3. The largest absolute Gasteiger partial charge is 0.355 e. The van der Waals surface area contributed by atoms with Crippen molar-refractivity contribution in [1.29, 1.82) is 0 Å². The number of anilines is 1. The number of alkyl halides is 3. The highest BCUT2D eigenvalue weighted by molar-refractivity contribution is 7.99. The van der Waals surface area contributed by atoms with Crippen molar-refractivity contribution in [2.45, 2.75) is 44.7 Å². The van der Waals surface area contributed by atoms with E-state index in [4.69, 9.17) is 0 Å². The molecule has 1 saturated heterocycles. The van der Waals surface area contributed by atoms with Crippen LogP contribution in [-0.4, -0.2) is 50.3 Å². The Morgan fingerprint density at radius 2 is 1.86 bits per heavy atom. The molecule has 2 aromatic heterocycles. The van der Waals surface area contributed by atoms with Gasteiger partial charge in [-0.25, -0.2) is 22.8 Å². The molecule has 2 aromatic rings. The van der Waals surface area contributed by atoms with Crippen molar-refractivity contribution in [1.82, 2.24) is 19.7 Å². The zero-order chi connectivity index (χ0) is 19.6. The van der Waals surface area contributed by atoms with E-state index in [9.17, 15) is 13.2 Å². The smallest absolute Gasteiger partial charge is 0.252 e. The summed E-state index contributed by atoms with van der Waals surface area (Å²) in [4.78, 5) is 11.5. The lowest BCUT2D eigenvalue weighted by molar-refractivity contribution is -0.0457.